The molecule has 1 aliphatic heterocycles. The number of benzene rings is 2. The molecule has 2 aromatic carbocycles. The molecule has 0 bridgehead atoms. The first-order chi connectivity index (χ1) is 14.7. The molecule has 1 N–H and O–H groups in total. The van der Waals surface area contributed by atoms with Crippen molar-refractivity contribution in [2.75, 3.05) is 38.5 Å². The van der Waals surface area contributed by atoms with E-state index in [4.69, 9.17) is 4.74 Å². The quantitative estimate of drug-likeness (QED) is 0.507. The van der Waals surface area contributed by atoms with Gasteiger partial charge >= 0.3 is 5.69 Å². The van der Waals surface area contributed by atoms with Gasteiger partial charge in [-0.1, -0.05) is 12.1 Å². The van der Waals surface area contributed by atoms with Crippen LogP contribution in [0, 0.1) is 10.1 Å². The molecule has 0 saturated carbocycles. The number of nitro groups is 1. The Bertz CT molecular complexity index is 1050. The molecule has 2 aromatic rings. The molecule has 0 aromatic heterocycles. The summed E-state index contributed by atoms with van der Waals surface area (Å²) >= 11 is 0. The molecule has 11 heteroatoms. The van der Waals surface area contributed by atoms with Crippen molar-refractivity contribution in [1.82, 2.24) is 9.21 Å². The highest BCUT2D eigenvalue weighted by atomic mass is 32.2. The summed E-state index contributed by atoms with van der Waals surface area (Å²) in [5.74, 6) is -0.531. The molecule has 1 saturated heterocycles. The smallest absolute Gasteiger partial charge is 0.310 e. The predicted octanol–water partition coefficient (Wildman–Crippen LogP) is 1.94. The zero-order valence-electron chi connectivity index (χ0n) is 17.2. The number of nitro benzene ring substituents is 1. The highest BCUT2D eigenvalue weighted by molar-refractivity contribution is 7.89. The molecule has 1 fully saturated rings. The Labute approximate surface area is 180 Å². The Morgan fingerprint density at radius 2 is 1.71 bits per heavy atom. The zero-order valence-corrected chi connectivity index (χ0v) is 18.0. The number of anilines is 1. The van der Waals surface area contributed by atoms with Gasteiger partial charge in [0.2, 0.25) is 10.0 Å². The number of nitrogens with one attached hydrogen (secondary N) is 1. The maximum Gasteiger partial charge on any atom is 0.310 e. The van der Waals surface area contributed by atoms with E-state index in [1.54, 1.807) is 6.07 Å². The van der Waals surface area contributed by atoms with Crippen LogP contribution >= 0.6 is 0 Å². The van der Waals surface area contributed by atoms with Crippen LogP contribution in [-0.2, 0) is 14.8 Å². The van der Waals surface area contributed by atoms with Gasteiger partial charge in [0.25, 0.3) is 5.91 Å². The van der Waals surface area contributed by atoms with Crippen molar-refractivity contribution in [1.29, 1.82) is 0 Å². The maximum absolute atomic E-state index is 12.8. The van der Waals surface area contributed by atoms with E-state index in [1.165, 1.54) is 53.7 Å². The van der Waals surface area contributed by atoms with Crippen molar-refractivity contribution in [2.45, 2.75) is 17.9 Å². The largest absolute Gasteiger partial charge is 0.474 e. The van der Waals surface area contributed by atoms with E-state index in [0.717, 1.165) is 0 Å². The minimum atomic E-state index is -3.60. The summed E-state index contributed by atoms with van der Waals surface area (Å²) in [7, 11) is -1.65. The Balaban J connectivity index is 1.64. The van der Waals surface area contributed by atoms with Gasteiger partial charge in [-0.3, -0.25) is 14.9 Å². The minimum absolute atomic E-state index is 0.0104. The number of rotatable bonds is 7. The number of carbonyl (C=O) groups is 1. The van der Waals surface area contributed by atoms with Crippen molar-refractivity contribution < 1.29 is 22.9 Å². The summed E-state index contributed by atoms with van der Waals surface area (Å²) in [6.45, 7) is 3.67. The SMILES string of the molecule is CC(Oc1ccccc1[N+](=O)[O-])C(=O)Nc1ccc(S(=O)(=O)N2CCN(C)CC2)cc1. The number of ether oxygens (including phenoxy) is 1. The molecule has 31 heavy (non-hydrogen) atoms. The average Bonchev–Trinajstić information content (AvgIpc) is 2.74. The van der Waals surface area contributed by atoms with Crippen LogP contribution in [0.5, 0.6) is 5.75 Å². The molecule has 166 valence electrons. The van der Waals surface area contributed by atoms with Gasteiger partial charge in [-0.15, -0.1) is 0 Å². The first kappa shape index (κ1) is 22.7. The highest BCUT2D eigenvalue weighted by Gasteiger charge is 2.27. The van der Waals surface area contributed by atoms with Crippen LogP contribution in [0.2, 0.25) is 0 Å². The Morgan fingerprint density at radius 1 is 1.10 bits per heavy atom. The van der Waals surface area contributed by atoms with Crippen LogP contribution in [0.25, 0.3) is 0 Å². The molecule has 0 spiro atoms. The summed E-state index contributed by atoms with van der Waals surface area (Å²) in [5, 5.41) is 13.7. The van der Waals surface area contributed by atoms with Gasteiger partial charge in [0.05, 0.1) is 9.82 Å². The standard InChI is InChI=1S/C20H24N4O6S/c1-15(30-19-6-4-3-5-18(19)24(26)27)20(25)21-16-7-9-17(10-8-16)31(28,29)23-13-11-22(2)12-14-23/h3-10,15H,11-14H2,1-2H3,(H,21,25). The van der Waals surface area contributed by atoms with Crippen molar-refractivity contribution in [3.63, 3.8) is 0 Å². The van der Waals surface area contributed by atoms with Crippen LogP contribution in [0.1, 0.15) is 6.92 Å². The van der Waals surface area contributed by atoms with Crippen LogP contribution in [0.4, 0.5) is 11.4 Å². The normalized spacial score (nSPS) is 16.5. The number of carbonyl (C=O) groups excluding carboxylic acids is 1. The molecule has 1 atom stereocenters. The number of nitrogens with zero attached hydrogens (tertiary/aromatic N) is 3. The number of likely N-dealkylation sites (N-methyl/N-ethyl adjacent to an activating group) is 1. The maximum atomic E-state index is 12.8. The summed E-state index contributed by atoms with van der Waals surface area (Å²) in [6, 6.07) is 11.7. The minimum Gasteiger partial charge on any atom is -0.474 e. The molecule has 1 unspecified atom stereocenters. The second-order valence-corrected chi connectivity index (χ2v) is 9.14. The number of hydrogen-bond donors (Lipinski definition) is 1. The number of sulfonamides is 1. The Hall–Kier alpha value is -3.02. The molecular weight excluding hydrogens is 424 g/mol. The van der Waals surface area contributed by atoms with Crippen molar-refractivity contribution in [2.24, 2.45) is 0 Å². The second-order valence-electron chi connectivity index (χ2n) is 7.21. The van der Waals surface area contributed by atoms with E-state index < -0.39 is 27.0 Å². The lowest BCUT2D eigenvalue weighted by Gasteiger charge is -2.31. The molecule has 1 heterocycles. The van der Waals surface area contributed by atoms with Gasteiger partial charge in [-0.25, -0.2) is 8.42 Å². The van der Waals surface area contributed by atoms with Crippen molar-refractivity contribution in [3.05, 3.63) is 58.6 Å². The molecule has 1 amide bonds. The van der Waals surface area contributed by atoms with E-state index in [1.807, 2.05) is 7.05 Å². The number of piperazine rings is 1. The van der Waals surface area contributed by atoms with Crippen LogP contribution in [0.3, 0.4) is 0 Å². The topological polar surface area (TPSA) is 122 Å². The fourth-order valence-electron chi connectivity index (χ4n) is 3.08. The molecule has 0 radical (unpaired) electrons. The van der Waals surface area contributed by atoms with E-state index in [9.17, 15) is 23.3 Å². The fraction of sp³-hybridized carbons (Fsp3) is 0.350. The predicted molar refractivity (Wildman–Crippen MR) is 115 cm³/mol. The summed E-state index contributed by atoms with van der Waals surface area (Å²) in [6.07, 6.45) is -1.00. The molecular formula is C20H24N4O6S. The van der Waals surface area contributed by atoms with Gasteiger partial charge < -0.3 is 15.0 Å². The van der Waals surface area contributed by atoms with Crippen molar-refractivity contribution >= 4 is 27.3 Å². The first-order valence-electron chi connectivity index (χ1n) is 9.68. The highest BCUT2D eigenvalue weighted by Crippen LogP contribution is 2.27. The molecule has 3 rings (SSSR count). The third-order valence-corrected chi connectivity index (χ3v) is 6.87. The Kier molecular flexibility index (Phi) is 6.88. The lowest BCUT2D eigenvalue weighted by molar-refractivity contribution is -0.386. The molecule has 1 aliphatic rings. The molecule has 0 aliphatic carbocycles. The first-order valence-corrected chi connectivity index (χ1v) is 11.1. The van der Waals surface area contributed by atoms with Gasteiger partial charge in [-0.2, -0.15) is 4.31 Å². The number of para-hydroxylation sites is 2. The van der Waals surface area contributed by atoms with E-state index in [0.29, 0.717) is 31.9 Å². The monoisotopic (exact) mass is 448 g/mol. The lowest BCUT2D eigenvalue weighted by atomic mass is 10.2. The van der Waals surface area contributed by atoms with Crippen LogP contribution in [-0.4, -0.2) is 67.8 Å². The summed E-state index contributed by atoms with van der Waals surface area (Å²) in [4.78, 5) is 25.1. The number of amides is 1. The van der Waals surface area contributed by atoms with Crippen LogP contribution in [0.15, 0.2) is 53.4 Å². The zero-order chi connectivity index (χ0) is 22.6. The van der Waals surface area contributed by atoms with E-state index in [2.05, 4.69) is 10.2 Å². The Morgan fingerprint density at radius 3 is 2.32 bits per heavy atom. The van der Waals surface area contributed by atoms with Crippen LogP contribution < -0.4 is 10.1 Å². The van der Waals surface area contributed by atoms with E-state index >= 15 is 0 Å². The van der Waals surface area contributed by atoms with E-state index in [-0.39, 0.29) is 16.3 Å². The van der Waals surface area contributed by atoms with Gasteiger partial charge in [-0.05, 0) is 44.3 Å². The summed E-state index contributed by atoms with van der Waals surface area (Å²) < 4.78 is 32.4. The third kappa shape index (κ3) is 5.37. The third-order valence-electron chi connectivity index (χ3n) is 4.96. The van der Waals surface area contributed by atoms with Crippen molar-refractivity contribution in [3.8, 4) is 5.75 Å². The number of hydrogen-bond acceptors (Lipinski definition) is 7. The molecule has 10 nitrogen and oxygen atoms in total. The second kappa shape index (κ2) is 9.41. The average molecular weight is 449 g/mol. The van der Waals surface area contributed by atoms with Gasteiger partial charge in [0, 0.05) is 37.9 Å². The van der Waals surface area contributed by atoms with Gasteiger partial charge in [0.15, 0.2) is 11.9 Å². The summed E-state index contributed by atoms with van der Waals surface area (Å²) in [5.41, 5.74) is 0.154. The lowest BCUT2D eigenvalue weighted by Crippen LogP contribution is -2.46. The fourth-order valence-corrected chi connectivity index (χ4v) is 4.51. The van der Waals surface area contributed by atoms with Gasteiger partial charge in [0.1, 0.15) is 0 Å².